The molecule has 0 saturated carbocycles. The van der Waals surface area contributed by atoms with E-state index >= 15 is 0 Å². The molecule has 2 saturated heterocycles. The summed E-state index contributed by atoms with van der Waals surface area (Å²) in [6.45, 7) is 2.68. The van der Waals surface area contributed by atoms with Crippen LogP contribution in [0.4, 0.5) is 0 Å². The minimum Gasteiger partial charge on any atom is -0.457 e. The number of allylic oxidation sites excluding steroid dienone is 9. The van der Waals surface area contributed by atoms with Gasteiger partial charge in [0.05, 0.1) is 33.0 Å². The molecule has 0 aromatic heterocycles. The molecule has 0 amide bonds. The Morgan fingerprint density at radius 2 is 1.14 bits per heavy atom. The molecule has 0 aliphatic carbocycles. The second-order valence-electron chi connectivity index (χ2n) is 11.9. The summed E-state index contributed by atoms with van der Waals surface area (Å²) < 4.78 is 33.1. The predicted molar refractivity (Wildman–Crippen MR) is 182 cm³/mol. The van der Waals surface area contributed by atoms with Crippen molar-refractivity contribution in [1.82, 2.24) is 0 Å². The average Bonchev–Trinajstić information content (AvgIpc) is 3.12. The largest absolute Gasteiger partial charge is 0.457 e. The Labute approximate surface area is 294 Å². The van der Waals surface area contributed by atoms with E-state index in [1.807, 2.05) is 12.2 Å². The summed E-state index contributed by atoms with van der Waals surface area (Å²) >= 11 is 0. The van der Waals surface area contributed by atoms with Gasteiger partial charge in [0.1, 0.15) is 54.9 Å². The number of carbonyl (C=O) groups is 1. The lowest BCUT2D eigenvalue weighted by Gasteiger charge is -2.42. The summed E-state index contributed by atoms with van der Waals surface area (Å²) in [5.74, 6) is -0.494. The number of esters is 1. The van der Waals surface area contributed by atoms with Crippen LogP contribution in [0.25, 0.3) is 0 Å². The van der Waals surface area contributed by atoms with Crippen molar-refractivity contribution in [2.24, 2.45) is 0 Å². The molecule has 286 valence electrons. The molecule has 11 atom stereocenters. The van der Waals surface area contributed by atoms with Crippen LogP contribution in [-0.2, 0) is 33.2 Å². The van der Waals surface area contributed by atoms with Crippen LogP contribution in [0.3, 0.4) is 0 Å². The molecule has 2 heterocycles. The van der Waals surface area contributed by atoms with E-state index < -0.39 is 86.7 Å². The van der Waals surface area contributed by atoms with Gasteiger partial charge in [0.25, 0.3) is 0 Å². The Balaban J connectivity index is 1.75. The summed E-state index contributed by atoms with van der Waals surface area (Å²) in [4.78, 5) is 12.0. The van der Waals surface area contributed by atoms with Crippen molar-refractivity contribution in [3.05, 3.63) is 60.8 Å². The molecule has 2 aliphatic heterocycles. The molecule has 0 spiro atoms. The van der Waals surface area contributed by atoms with Gasteiger partial charge in [-0.15, -0.1) is 0 Å². The van der Waals surface area contributed by atoms with E-state index in [1.165, 1.54) is 0 Å². The van der Waals surface area contributed by atoms with E-state index in [-0.39, 0.29) is 19.6 Å². The molecule has 2 fully saturated rings. The van der Waals surface area contributed by atoms with Crippen LogP contribution in [0.5, 0.6) is 0 Å². The number of carbonyl (C=O) groups excluding carboxylic acids is 1. The third kappa shape index (κ3) is 15.9. The maximum absolute atomic E-state index is 12.0. The highest BCUT2D eigenvalue weighted by atomic mass is 16.7. The Bertz CT molecular complexity index is 1060. The molecule has 0 bridgehead atoms. The third-order valence-electron chi connectivity index (χ3n) is 7.87. The molecular formula is C36H58O14. The Kier molecular flexibility index (Phi) is 22.5. The summed E-state index contributed by atoms with van der Waals surface area (Å²) in [7, 11) is 0. The summed E-state index contributed by atoms with van der Waals surface area (Å²) in [6.07, 6.45) is 10.2. The normalized spacial score (nSPS) is 31.5. The maximum atomic E-state index is 12.0. The standard InChI is InChI=1S/C36H58O14/c1-3-5-6-7-8-9-10-11-12-13-14-15-16-17-18-19-20-45-22-25(48-28(38)4-2)23-46-35-34(44)32(42)30(40)27(50-35)24-47-36-33(43)31(41)29(39)26(21-37)49-36/h5-6,8-9,11-12,14-15,17-18,25-27,29-37,39-44H,3-4,7,10,13,16,19-24H2,1-2H3/b6-5-,9-8-,12-11-,15-14-,18-17-. The van der Waals surface area contributed by atoms with Crippen molar-refractivity contribution in [3.63, 3.8) is 0 Å². The zero-order chi connectivity index (χ0) is 36.7. The van der Waals surface area contributed by atoms with Crippen molar-refractivity contribution in [3.8, 4) is 0 Å². The van der Waals surface area contributed by atoms with Crippen LogP contribution in [0.2, 0.25) is 0 Å². The minimum absolute atomic E-state index is 0.00586. The Hall–Kier alpha value is -2.31. The molecule has 2 aliphatic rings. The fourth-order valence-electron chi connectivity index (χ4n) is 4.91. The van der Waals surface area contributed by atoms with Crippen LogP contribution in [0.15, 0.2) is 60.8 Å². The molecule has 14 nitrogen and oxygen atoms in total. The van der Waals surface area contributed by atoms with Crippen molar-refractivity contribution in [1.29, 1.82) is 0 Å². The quantitative estimate of drug-likeness (QED) is 0.0449. The van der Waals surface area contributed by atoms with Gasteiger partial charge in [-0.25, -0.2) is 0 Å². The van der Waals surface area contributed by atoms with E-state index in [1.54, 1.807) is 6.92 Å². The van der Waals surface area contributed by atoms with E-state index in [0.29, 0.717) is 13.0 Å². The molecule has 7 N–H and O–H groups in total. The van der Waals surface area contributed by atoms with Gasteiger partial charge >= 0.3 is 5.97 Å². The summed E-state index contributed by atoms with van der Waals surface area (Å²) in [5, 5.41) is 70.8. The second-order valence-corrected chi connectivity index (χ2v) is 11.9. The highest BCUT2D eigenvalue weighted by Crippen LogP contribution is 2.26. The SMILES string of the molecule is CC/C=C\C/C=C\C/C=C\C/C=C\C/C=C\CCOCC(COC1OC(COC2OC(CO)C(O)C(O)C2O)C(O)C(O)C1O)OC(=O)CC. The van der Waals surface area contributed by atoms with Gasteiger partial charge in [0, 0.05) is 6.42 Å². The highest BCUT2D eigenvalue weighted by molar-refractivity contribution is 5.69. The molecule has 0 aromatic rings. The van der Waals surface area contributed by atoms with Gasteiger partial charge in [-0.05, 0) is 38.5 Å². The molecule has 2 rings (SSSR count). The van der Waals surface area contributed by atoms with Crippen molar-refractivity contribution >= 4 is 5.97 Å². The maximum Gasteiger partial charge on any atom is 0.305 e. The fourth-order valence-corrected chi connectivity index (χ4v) is 4.91. The number of ether oxygens (including phenoxy) is 6. The second kappa shape index (κ2) is 25.6. The summed E-state index contributed by atoms with van der Waals surface area (Å²) in [6, 6.07) is 0. The van der Waals surface area contributed by atoms with Gasteiger partial charge in [-0.2, -0.15) is 0 Å². The monoisotopic (exact) mass is 714 g/mol. The Morgan fingerprint density at radius 1 is 0.640 bits per heavy atom. The first-order valence-corrected chi connectivity index (χ1v) is 17.4. The number of hydrogen-bond acceptors (Lipinski definition) is 14. The molecule has 0 radical (unpaired) electrons. The Morgan fingerprint density at radius 3 is 1.68 bits per heavy atom. The van der Waals surface area contributed by atoms with Gasteiger partial charge < -0.3 is 64.2 Å². The third-order valence-corrected chi connectivity index (χ3v) is 7.87. The van der Waals surface area contributed by atoms with Crippen LogP contribution >= 0.6 is 0 Å². The van der Waals surface area contributed by atoms with Crippen molar-refractivity contribution < 1.29 is 69.0 Å². The number of hydrogen-bond donors (Lipinski definition) is 7. The van der Waals surface area contributed by atoms with Gasteiger partial charge in [0.15, 0.2) is 12.6 Å². The number of aliphatic hydroxyl groups is 7. The van der Waals surface area contributed by atoms with Gasteiger partial charge in [-0.1, -0.05) is 74.6 Å². The molecule has 11 unspecified atom stereocenters. The first-order chi connectivity index (χ1) is 24.1. The summed E-state index contributed by atoms with van der Waals surface area (Å²) in [5.41, 5.74) is 0. The van der Waals surface area contributed by atoms with Crippen LogP contribution in [0.1, 0.15) is 58.8 Å². The molecule has 14 heteroatoms. The predicted octanol–water partition coefficient (Wildman–Crippen LogP) is 1.11. The van der Waals surface area contributed by atoms with Crippen LogP contribution < -0.4 is 0 Å². The smallest absolute Gasteiger partial charge is 0.305 e. The zero-order valence-electron chi connectivity index (χ0n) is 29.1. The lowest BCUT2D eigenvalue weighted by atomic mass is 9.98. The lowest BCUT2D eigenvalue weighted by molar-refractivity contribution is -0.332. The first-order valence-electron chi connectivity index (χ1n) is 17.4. The lowest BCUT2D eigenvalue weighted by Crippen LogP contribution is -2.61. The fraction of sp³-hybridized carbons (Fsp3) is 0.694. The first kappa shape index (κ1) is 43.9. The van der Waals surface area contributed by atoms with Crippen molar-refractivity contribution in [2.75, 3.05) is 33.0 Å². The van der Waals surface area contributed by atoms with Crippen LogP contribution in [0, 0.1) is 0 Å². The van der Waals surface area contributed by atoms with Gasteiger partial charge in [0.2, 0.25) is 0 Å². The van der Waals surface area contributed by atoms with E-state index in [9.17, 15) is 40.5 Å². The molecular weight excluding hydrogens is 656 g/mol. The zero-order valence-corrected chi connectivity index (χ0v) is 29.1. The molecule has 50 heavy (non-hydrogen) atoms. The average molecular weight is 715 g/mol. The minimum atomic E-state index is -1.71. The van der Waals surface area contributed by atoms with Crippen molar-refractivity contribution in [2.45, 2.75) is 126 Å². The topological polar surface area (TPSA) is 214 Å². The highest BCUT2D eigenvalue weighted by Gasteiger charge is 2.47. The number of rotatable bonds is 23. The van der Waals surface area contributed by atoms with E-state index in [4.69, 9.17) is 28.4 Å². The molecule has 0 aromatic carbocycles. The van der Waals surface area contributed by atoms with Gasteiger partial charge in [-0.3, -0.25) is 4.79 Å². The number of aliphatic hydroxyl groups excluding tert-OH is 7. The van der Waals surface area contributed by atoms with E-state index in [0.717, 1.165) is 32.1 Å². The van der Waals surface area contributed by atoms with Crippen LogP contribution in [-0.4, -0.2) is 142 Å². The van der Waals surface area contributed by atoms with E-state index in [2.05, 4.69) is 55.5 Å².